The van der Waals surface area contributed by atoms with Crippen molar-refractivity contribution < 1.29 is 14.3 Å². The molecular weight excluding hydrogens is 350 g/mol. The molecule has 0 aliphatic heterocycles. The normalized spacial score (nSPS) is 11.8. The molecule has 0 saturated carbocycles. The van der Waals surface area contributed by atoms with Crippen LogP contribution in [0, 0.1) is 20.8 Å². The average molecular weight is 384 g/mol. The molecule has 1 amide bonds. The summed E-state index contributed by atoms with van der Waals surface area (Å²) in [7, 11) is 0. The van der Waals surface area contributed by atoms with E-state index in [1.165, 1.54) is 11.1 Å². The van der Waals surface area contributed by atoms with Gasteiger partial charge < -0.3 is 14.8 Å². The number of carbonyl (C=O) groups is 1. The van der Waals surface area contributed by atoms with Gasteiger partial charge in [0.05, 0.1) is 6.61 Å². The molecule has 0 saturated heterocycles. The lowest BCUT2D eigenvalue weighted by atomic mass is 10.1. The minimum absolute atomic E-state index is 0.0622. The summed E-state index contributed by atoms with van der Waals surface area (Å²) in [5.74, 6) is 1.56. The molecule has 2 aromatic rings. The first-order chi connectivity index (χ1) is 13.3. The lowest BCUT2D eigenvalue weighted by molar-refractivity contribution is 0.0938. The van der Waals surface area contributed by atoms with Gasteiger partial charge in [-0.1, -0.05) is 19.4 Å². The van der Waals surface area contributed by atoms with Crippen molar-refractivity contribution in [2.75, 3.05) is 6.61 Å². The van der Waals surface area contributed by atoms with Crippen LogP contribution in [0.1, 0.15) is 66.2 Å². The molecule has 28 heavy (non-hydrogen) atoms. The van der Waals surface area contributed by atoms with Crippen LogP contribution in [-0.4, -0.2) is 18.6 Å². The summed E-state index contributed by atoms with van der Waals surface area (Å²) in [4.78, 5) is 12.6. The third kappa shape index (κ3) is 5.75. The van der Waals surface area contributed by atoms with Crippen molar-refractivity contribution in [3.05, 3.63) is 58.1 Å². The maximum absolute atomic E-state index is 12.6. The second-order valence-corrected chi connectivity index (χ2v) is 7.41. The van der Waals surface area contributed by atoms with Gasteiger partial charge in [0.2, 0.25) is 0 Å². The zero-order valence-electron chi connectivity index (χ0n) is 18.0. The number of nitrogens with one attached hydrogen (secondary N) is 1. The number of rotatable bonds is 9. The first-order valence-corrected chi connectivity index (χ1v) is 10.1. The average Bonchev–Trinajstić information content (AvgIpc) is 2.64. The molecular formula is C24H33NO3. The van der Waals surface area contributed by atoms with Crippen molar-refractivity contribution in [1.82, 2.24) is 5.32 Å². The number of hydrogen-bond acceptors (Lipinski definition) is 3. The van der Waals surface area contributed by atoms with Crippen molar-refractivity contribution >= 4 is 5.91 Å². The zero-order chi connectivity index (χ0) is 20.7. The first-order valence-electron chi connectivity index (χ1n) is 10.1. The maximum Gasteiger partial charge on any atom is 0.251 e. The molecule has 1 atom stereocenters. The molecule has 4 nitrogen and oxygen atoms in total. The number of carbonyl (C=O) groups excluding carboxylic acids is 1. The Morgan fingerprint density at radius 3 is 2.46 bits per heavy atom. The summed E-state index contributed by atoms with van der Waals surface area (Å²) >= 11 is 0. The van der Waals surface area contributed by atoms with E-state index in [0.29, 0.717) is 18.8 Å². The van der Waals surface area contributed by atoms with Crippen LogP contribution in [0.5, 0.6) is 11.5 Å². The second kappa shape index (κ2) is 10.2. The second-order valence-electron chi connectivity index (χ2n) is 7.41. The molecule has 1 N–H and O–H groups in total. The SMILES string of the molecule is CCCC(C)NC(=O)c1ccc(OCC)c(COc2cc(C)cc(C)c2C)c1. The molecule has 1 unspecified atom stereocenters. The monoisotopic (exact) mass is 383 g/mol. The molecule has 0 aliphatic rings. The van der Waals surface area contributed by atoms with E-state index >= 15 is 0 Å². The Labute approximate surface area is 169 Å². The quantitative estimate of drug-likeness (QED) is 0.621. The number of ether oxygens (including phenoxy) is 2. The van der Waals surface area contributed by atoms with Gasteiger partial charge in [-0.3, -0.25) is 4.79 Å². The molecule has 0 radical (unpaired) electrons. The van der Waals surface area contributed by atoms with E-state index in [9.17, 15) is 4.79 Å². The van der Waals surface area contributed by atoms with Gasteiger partial charge in [-0.15, -0.1) is 0 Å². The Kier molecular flexibility index (Phi) is 7.91. The van der Waals surface area contributed by atoms with E-state index in [-0.39, 0.29) is 11.9 Å². The summed E-state index contributed by atoms with van der Waals surface area (Å²) in [5, 5.41) is 3.05. The fourth-order valence-corrected chi connectivity index (χ4v) is 3.25. The Morgan fingerprint density at radius 2 is 1.79 bits per heavy atom. The van der Waals surface area contributed by atoms with Crippen LogP contribution >= 0.6 is 0 Å². The van der Waals surface area contributed by atoms with E-state index in [4.69, 9.17) is 9.47 Å². The standard InChI is InChI=1S/C24H33NO3/c1-7-9-18(5)25-24(26)20-10-11-22(27-8-2)21(14-20)15-28-23-13-16(3)12-17(4)19(23)6/h10-14,18H,7-9,15H2,1-6H3,(H,25,26). The number of benzene rings is 2. The van der Waals surface area contributed by atoms with Crippen molar-refractivity contribution in [3.8, 4) is 11.5 Å². The van der Waals surface area contributed by atoms with E-state index < -0.39 is 0 Å². The highest BCUT2D eigenvalue weighted by Crippen LogP contribution is 2.27. The van der Waals surface area contributed by atoms with E-state index in [0.717, 1.165) is 35.5 Å². The van der Waals surface area contributed by atoms with Gasteiger partial charge >= 0.3 is 0 Å². The molecule has 0 aliphatic carbocycles. The van der Waals surface area contributed by atoms with E-state index in [1.807, 2.05) is 38.1 Å². The fourth-order valence-electron chi connectivity index (χ4n) is 3.25. The van der Waals surface area contributed by atoms with Crippen LogP contribution in [0.3, 0.4) is 0 Å². The lowest BCUT2D eigenvalue weighted by Gasteiger charge is -2.17. The van der Waals surface area contributed by atoms with Crippen molar-refractivity contribution in [3.63, 3.8) is 0 Å². The van der Waals surface area contributed by atoms with E-state index in [2.05, 4.69) is 39.1 Å². The Balaban J connectivity index is 2.22. The summed E-state index contributed by atoms with van der Waals surface area (Å²) in [6.45, 7) is 13.2. The minimum atomic E-state index is -0.0622. The molecule has 2 aromatic carbocycles. The van der Waals surface area contributed by atoms with Gasteiger partial charge in [0.15, 0.2) is 0 Å². The van der Waals surface area contributed by atoms with Crippen LogP contribution in [0.2, 0.25) is 0 Å². The zero-order valence-corrected chi connectivity index (χ0v) is 18.0. The van der Waals surface area contributed by atoms with Gasteiger partial charge in [-0.05, 0) is 82.0 Å². The number of amides is 1. The highest BCUT2D eigenvalue weighted by atomic mass is 16.5. The fraction of sp³-hybridized carbons (Fsp3) is 0.458. The predicted octanol–water partition coefficient (Wildman–Crippen LogP) is 5.51. The summed E-state index contributed by atoms with van der Waals surface area (Å²) in [5.41, 5.74) is 5.00. The Bertz CT molecular complexity index is 814. The van der Waals surface area contributed by atoms with E-state index in [1.54, 1.807) is 0 Å². The molecule has 152 valence electrons. The third-order valence-corrected chi connectivity index (χ3v) is 4.87. The lowest BCUT2D eigenvalue weighted by Crippen LogP contribution is -2.32. The topological polar surface area (TPSA) is 47.6 Å². The minimum Gasteiger partial charge on any atom is -0.493 e. The largest absolute Gasteiger partial charge is 0.493 e. The predicted molar refractivity (Wildman–Crippen MR) is 114 cm³/mol. The highest BCUT2D eigenvalue weighted by molar-refractivity contribution is 5.94. The maximum atomic E-state index is 12.6. The smallest absolute Gasteiger partial charge is 0.251 e. The molecule has 2 rings (SSSR count). The number of hydrogen-bond donors (Lipinski definition) is 1. The Hall–Kier alpha value is -2.49. The molecule has 0 aromatic heterocycles. The van der Waals surface area contributed by atoms with Gasteiger partial charge in [0, 0.05) is 17.2 Å². The van der Waals surface area contributed by atoms with Crippen LogP contribution in [-0.2, 0) is 6.61 Å². The summed E-state index contributed by atoms with van der Waals surface area (Å²) in [6.07, 6.45) is 2.00. The van der Waals surface area contributed by atoms with Crippen molar-refractivity contribution in [1.29, 1.82) is 0 Å². The molecule has 0 bridgehead atoms. The van der Waals surface area contributed by atoms with Gasteiger partial charge in [-0.2, -0.15) is 0 Å². The van der Waals surface area contributed by atoms with Crippen LogP contribution in [0.4, 0.5) is 0 Å². The molecule has 0 heterocycles. The third-order valence-electron chi connectivity index (χ3n) is 4.87. The molecule has 0 fully saturated rings. The van der Waals surface area contributed by atoms with Gasteiger partial charge in [0.25, 0.3) is 5.91 Å². The molecule has 0 spiro atoms. The number of aryl methyl sites for hydroxylation is 2. The van der Waals surface area contributed by atoms with Crippen molar-refractivity contribution in [2.24, 2.45) is 0 Å². The summed E-state index contributed by atoms with van der Waals surface area (Å²) < 4.78 is 11.9. The van der Waals surface area contributed by atoms with Gasteiger partial charge in [-0.25, -0.2) is 0 Å². The van der Waals surface area contributed by atoms with Crippen LogP contribution in [0.25, 0.3) is 0 Å². The first kappa shape index (κ1) is 21.8. The highest BCUT2D eigenvalue weighted by Gasteiger charge is 2.14. The Morgan fingerprint density at radius 1 is 1.04 bits per heavy atom. The summed E-state index contributed by atoms with van der Waals surface area (Å²) in [6, 6.07) is 9.89. The van der Waals surface area contributed by atoms with Crippen LogP contribution in [0.15, 0.2) is 30.3 Å². The van der Waals surface area contributed by atoms with Gasteiger partial charge in [0.1, 0.15) is 18.1 Å². The van der Waals surface area contributed by atoms with Crippen LogP contribution < -0.4 is 14.8 Å². The molecule has 4 heteroatoms. The van der Waals surface area contributed by atoms with Crippen molar-refractivity contribution in [2.45, 2.75) is 67.0 Å².